The third-order valence-electron chi connectivity index (χ3n) is 4.10. The maximum Gasteiger partial charge on any atom is 0.0132 e. The van der Waals surface area contributed by atoms with Crippen LogP contribution >= 0.6 is 11.9 Å². The van der Waals surface area contributed by atoms with Gasteiger partial charge in [0.2, 0.25) is 0 Å². The second kappa shape index (κ2) is 5.07. The quantitative estimate of drug-likeness (QED) is 0.670. The molecule has 88 valence electrons. The van der Waals surface area contributed by atoms with E-state index in [1.54, 1.807) is 0 Å². The molecule has 0 N–H and O–H groups in total. The molecular weight excluding hydrogens is 204 g/mol. The zero-order valence-electron chi connectivity index (χ0n) is 10.3. The van der Waals surface area contributed by atoms with Crippen molar-refractivity contribution in [2.45, 2.75) is 32.7 Å². The maximum atomic E-state index is 2.66. The highest BCUT2D eigenvalue weighted by Gasteiger charge is 2.34. The van der Waals surface area contributed by atoms with Crippen LogP contribution in [0.3, 0.4) is 0 Å². The van der Waals surface area contributed by atoms with Crippen molar-refractivity contribution in [2.24, 2.45) is 11.8 Å². The lowest BCUT2D eigenvalue weighted by Crippen LogP contribution is -2.50. The molecule has 2 unspecified atom stereocenters. The lowest BCUT2D eigenvalue weighted by Gasteiger charge is -2.45. The van der Waals surface area contributed by atoms with Crippen molar-refractivity contribution < 1.29 is 0 Å². The molecule has 0 aromatic rings. The molecule has 0 saturated carbocycles. The second-order valence-electron chi connectivity index (χ2n) is 5.26. The first-order chi connectivity index (χ1) is 7.20. The predicted octanol–water partition coefficient (Wildman–Crippen LogP) is 2.32. The van der Waals surface area contributed by atoms with E-state index in [2.05, 4.69) is 29.3 Å². The smallest absolute Gasteiger partial charge is 0.0132 e. The summed E-state index contributed by atoms with van der Waals surface area (Å²) < 4.78 is 2.55. The SMILES string of the molecule is CSN1CCC2CCN(C(C)C)CC2C1. The highest BCUT2D eigenvalue weighted by Crippen LogP contribution is 2.33. The molecule has 3 heteroatoms. The normalized spacial score (nSPS) is 34.4. The Morgan fingerprint density at radius 3 is 2.47 bits per heavy atom. The molecule has 0 bridgehead atoms. The van der Waals surface area contributed by atoms with Crippen molar-refractivity contribution in [1.29, 1.82) is 0 Å². The Morgan fingerprint density at radius 1 is 1.07 bits per heavy atom. The van der Waals surface area contributed by atoms with Gasteiger partial charge in [0.15, 0.2) is 0 Å². The number of fused-ring (bicyclic) bond motifs is 1. The maximum absolute atomic E-state index is 2.66. The van der Waals surface area contributed by atoms with E-state index in [4.69, 9.17) is 0 Å². The number of piperidine rings is 2. The largest absolute Gasteiger partial charge is 0.301 e. The van der Waals surface area contributed by atoms with Gasteiger partial charge in [-0.1, -0.05) is 11.9 Å². The Kier molecular flexibility index (Phi) is 3.97. The van der Waals surface area contributed by atoms with Crippen LogP contribution < -0.4 is 0 Å². The van der Waals surface area contributed by atoms with Crippen molar-refractivity contribution in [3.05, 3.63) is 0 Å². The molecule has 2 saturated heterocycles. The fourth-order valence-corrected chi connectivity index (χ4v) is 3.62. The summed E-state index contributed by atoms with van der Waals surface area (Å²) >= 11 is 1.93. The van der Waals surface area contributed by atoms with Crippen LogP contribution in [0.2, 0.25) is 0 Å². The topological polar surface area (TPSA) is 6.48 Å². The summed E-state index contributed by atoms with van der Waals surface area (Å²) in [6.07, 6.45) is 5.08. The van der Waals surface area contributed by atoms with Gasteiger partial charge in [0.05, 0.1) is 0 Å². The van der Waals surface area contributed by atoms with Gasteiger partial charge in [0.25, 0.3) is 0 Å². The van der Waals surface area contributed by atoms with E-state index >= 15 is 0 Å². The third-order valence-corrected chi connectivity index (χ3v) is 4.95. The first kappa shape index (κ1) is 11.7. The van der Waals surface area contributed by atoms with E-state index in [1.807, 2.05) is 11.9 Å². The summed E-state index contributed by atoms with van der Waals surface area (Å²) in [6.45, 7) is 9.95. The van der Waals surface area contributed by atoms with Gasteiger partial charge in [-0.2, -0.15) is 0 Å². The van der Waals surface area contributed by atoms with Crippen LogP contribution in [0.1, 0.15) is 26.7 Å². The first-order valence-electron chi connectivity index (χ1n) is 6.23. The minimum atomic E-state index is 0.732. The van der Waals surface area contributed by atoms with Crippen LogP contribution in [0.15, 0.2) is 0 Å². The number of hydrogen-bond acceptors (Lipinski definition) is 3. The van der Waals surface area contributed by atoms with Crippen LogP contribution in [0, 0.1) is 11.8 Å². The zero-order valence-corrected chi connectivity index (χ0v) is 11.1. The van der Waals surface area contributed by atoms with Crippen LogP contribution in [0.4, 0.5) is 0 Å². The van der Waals surface area contributed by atoms with Gasteiger partial charge in [0, 0.05) is 25.7 Å². The lowest BCUT2D eigenvalue weighted by atomic mass is 9.80. The van der Waals surface area contributed by atoms with Crippen LogP contribution in [-0.4, -0.2) is 47.7 Å². The Balaban J connectivity index is 1.91. The first-order valence-corrected chi connectivity index (χ1v) is 7.42. The van der Waals surface area contributed by atoms with Crippen LogP contribution in [0.5, 0.6) is 0 Å². The summed E-state index contributed by atoms with van der Waals surface area (Å²) in [6, 6.07) is 0.732. The van der Waals surface area contributed by atoms with E-state index < -0.39 is 0 Å². The van der Waals surface area contributed by atoms with E-state index in [-0.39, 0.29) is 0 Å². The van der Waals surface area contributed by atoms with Crippen LogP contribution in [0.25, 0.3) is 0 Å². The third kappa shape index (κ3) is 2.69. The average molecular weight is 228 g/mol. The zero-order chi connectivity index (χ0) is 10.8. The fraction of sp³-hybridized carbons (Fsp3) is 1.00. The molecule has 2 aliphatic heterocycles. The molecule has 0 aliphatic carbocycles. The molecule has 0 radical (unpaired) electrons. The molecular formula is C12H24N2S. The van der Waals surface area contributed by atoms with E-state index in [1.165, 1.54) is 39.0 Å². The molecule has 2 rings (SSSR count). The van der Waals surface area contributed by atoms with Gasteiger partial charge in [-0.3, -0.25) is 4.31 Å². The highest BCUT2D eigenvalue weighted by atomic mass is 32.2. The second-order valence-corrected chi connectivity index (χ2v) is 6.14. The molecule has 15 heavy (non-hydrogen) atoms. The van der Waals surface area contributed by atoms with Gasteiger partial charge in [-0.15, -0.1) is 0 Å². The van der Waals surface area contributed by atoms with Gasteiger partial charge in [-0.25, -0.2) is 0 Å². The molecule has 2 aliphatic rings. The average Bonchev–Trinajstić information content (AvgIpc) is 2.27. The van der Waals surface area contributed by atoms with Crippen LogP contribution in [-0.2, 0) is 0 Å². The van der Waals surface area contributed by atoms with E-state index in [9.17, 15) is 0 Å². The Hall–Kier alpha value is 0.270. The summed E-state index contributed by atoms with van der Waals surface area (Å²) in [5.74, 6) is 1.95. The summed E-state index contributed by atoms with van der Waals surface area (Å²) in [4.78, 5) is 2.66. The Bertz CT molecular complexity index is 208. The predicted molar refractivity (Wildman–Crippen MR) is 68.0 cm³/mol. The van der Waals surface area contributed by atoms with Gasteiger partial charge < -0.3 is 4.90 Å². The number of nitrogens with zero attached hydrogens (tertiary/aromatic N) is 2. The molecule has 0 aromatic heterocycles. The van der Waals surface area contributed by atoms with Crippen molar-refractivity contribution in [3.8, 4) is 0 Å². The molecule has 0 spiro atoms. The monoisotopic (exact) mass is 228 g/mol. The summed E-state index contributed by atoms with van der Waals surface area (Å²) in [5, 5.41) is 0. The molecule has 0 amide bonds. The molecule has 2 atom stereocenters. The van der Waals surface area contributed by atoms with Crippen molar-refractivity contribution in [3.63, 3.8) is 0 Å². The number of rotatable bonds is 2. The minimum Gasteiger partial charge on any atom is -0.301 e. The Labute approximate surface area is 98.5 Å². The highest BCUT2D eigenvalue weighted by molar-refractivity contribution is 7.96. The van der Waals surface area contributed by atoms with E-state index in [0.29, 0.717) is 0 Å². The van der Waals surface area contributed by atoms with Gasteiger partial charge in [0.1, 0.15) is 0 Å². The molecule has 2 fully saturated rings. The fourth-order valence-electron chi connectivity index (χ4n) is 2.99. The summed E-state index contributed by atoms with van der Waals surface area (Å²) in [5.41, 5.74) is 0. The van der Waals surface area contributed by atoms with Gasteiger partial charge >= 0.3 is 0 Å². The molecule has 2 heterocycles. The van der Waals surface area contributed by atoms with Crippen molar-refractivity contribution >= 4 is 11.9 Å². The Morgan fingerprint density at radius 2 is 1.80 bits per heavy atom. The van der Waals surface area contributed by atoms with E-state index in [0.717, 1.165) is 17.9 Å². The minimum absolute atomic E-state index is 0.732. The number of likely N-dealkylation sites (tertiary alicyclic amines) is 1. The standard InChI is InChI=1S/C12H24N2S/c1-10(2)13-6-4-11-5-7-14(15-3)9-12(11)8-13/h10-12H,4-9H2,1-3H3. The summed E-state index contributed by atoms with van der Waals surface area (Å²) in [7, 11) is 0. The lowest BCUT2D eigenvalue weighted by molar-refractivity contribution is 0.0564. The van der Waals surface area contributed by atoms with Gasteiger partial charge in [-0.05, 0) is 51.3 Å². The molecule has 0 aromatic carbocycles. The number of hydrogen-bond donors (Lipinski definition) is 0. The van der Waals surface area contributed by atoms with Crippen molar-refractivity contribution in [2.75, 3.05) is 32.4 Å². The van der Waals surface area contributed by atoms with Crippen molar-refractivity contribution in [1.82, 2.24) is 9.21 Å². The molecule has 2 nitrogen and oxygen atoms in total.